The van der Waals surface area contributed by atoms with E-state index in [2.05, 4.69) is 18.7 Å². The Morgan fingerprint density at radius 1 is 1.47 bits per heavy atom. The molecule has 0 aromatic heterocycles. The van der Waals surface area contributed by atoms with E-state index >= 15 is 0 Å². The fourth-order valence-electron chi connectivity index (χ4n) is 2.38. The zero-order valence-corrected chi connectivity index (χ0v) is 11.5. The first-order valence-electron chi connectivity index (χ1n) is 6.42. The topological polar surface area (TPSA) is 81.6 Å². The third-order valence-corrected chi connectivity index (χ3v) is 3.33. The summed E-state index contributed by atoms with van der Waals surface area (Å²) in [5.74, 6) is -0.453. The van der Waals surface area contributed by atoms with Crippen LogP contribution in [0.5, 0.6) is 0 Å². The van der Waals surface area contributed by atoms with E-state index in [0.717, 1.165) is 31.8 Å². The van der Waals surface area contributed by atoms with Crippen LogP contribution in [0.2, 0.25) is 0 Å². The van der Waals surface area contributed by atoms with Crippen molar-refractivity contribution in [3.8, 4) is 0 Å². The lowest BCUT2D eigenvalue weighted by Gasteiger charge is -2.38. The molecule has 104 valence electrons. The molecule has 2 rings (SSSR count). The summed E-state index contributed by atoms with van der Waals surface area (Å²) in [6.45, 7) is 7.41. The largest absolute Gasteiger partial charge is 0.398 e. The van der Waals surface area contributed by atoms with Crippen LogP contribution in [0.15, 0.2) is 18.2 Å². The van der Waals surface area contributed by atoms with Crippen molar-refractivity contribution in [1.29, 1.82) is 0 Å². The maximum atomic E-state index is 11.1. The van der Waals surface area contributed by atoms with Crippen LogP contribution in [0.1, 0.15) is 29.8 Å². The number of hydrogen-bond acceptors (Lipinski definition) is 4. The quantitative estimate of drug-likeness (QED) is 0.796. The average Bonchev–Trinajstić information content (AvgIpc) is 2.30. The van der Waals surface area contributed by atoms with Crippen LogP contribution in [0, 0.1) is 0 Å². The van der Waals surface area contributed by atoms with Gasteiger partial charge in [-0.25, -0.2) is 0 Å². The summed E-state index contributed by atoms with van der Waals surface area (Å²) in [4.78, 5) is 13.4. The van der Waals surface area contributed by atoms with Crippen LogP contribution in [-0.4, -0.2) is 36.1 Å². The number of nitrogen functional groups attached to an aromatic ring is 1. The first-order chi connectivity index (χ1) is 8.87. The Labute approximate surface area is 113 Å². The fraction of sp³-hybridized carbons (Fsp3) is 0.500. The number of nitrogens with two attached hydrogens (primary N) is 2. The zero-order chi connectivity index (χ0) is 14.0. The molecule has 1 aliphatic rings. The second-order valence-electron chi connectivity index (χ2n) is 5.60. The van der Waals surface area contributed by atoms with Gasteiger partial charge in [0.1, 0.15) is 0 Å². The Balaban J connectivity index is 2.09. The number of rotatable bonds is 3. The van der Waals surface area contributed by atoms with E-state index in [1.54, 1.807) is 12.1 Å². The normalized spacial score (nSPS) is 19.3. The van der Waals surface area contributed by atoms with Gasteiger partial charge in [0, 0.05) is 30.9 Å². The maximum Gasteiger partial charge on any atom is 0.248 e. The van der Waals surface area contributed by atoms with Gasteiger partial charge in [-0.15, -0.1) is 0 Å². The van der Waals surface area contributed by atoms with E-state index in [1.807, 2.05) is 6.07 Å². The molecule has 0 radical (unpaired) electrons. The number of amides is 1. The second kappa shape index (κ2) is 5.19. The Morgan fingerprint density at radius 2 is 2.21 bits per heavy atom. The summed E-state index contributed by atoms with van der Waals surface area (Å²) in [5.41, 5.74) is 13.2. The van der Waals surface area contributed by atoms with Crippen LogP contribution in [-0.2, 0) is 11.3 Å². The Hall–Kier alpha value is -1.59. The standard InChI is InChI=1S/C14H21N3O2/c1-14(2)9-17(5-6-19-14)8-11-4-3-10(13(16)18)7-12(11)15/h3-4,7H,5-6,8-9,15H2,1-2H3,(H2,16,18). The monoisotopic (exact) mass is 263 g/mol. The van der Waals surface area contributed by atoms with Gasteiger partial charge in [0.2, 0.25) is 5.91 Å². The van der Waals surface area contributed by atoms with E-state index in [9.17, 15) is 4.79 Å². The number of ether oxygens (including phenoxy) is 1. The Kier molecular flexibility index (Phi) is 3.78. The molecule has 19 heavy (non-hydrogen) atoms. The van der Waals surface area contributed by atoms with Gasteiger partial charge in [0.25, 0.3) is 0 Å². The molecule has 0 bridgehead atoms. The predicted molar refractivity (Wildman–Crippen MR) is 74.7 cm³/mol. The lowest BCUT2D eigenvalue weighted by molar-refractivity contribution is -0.0882. The molecular formula is C14H21N3O2. The van der Waals surface area contributed by atoms with Crippen LogP contribution in [0.3, 0.4) is 0 Å². The van der Waals surface area contributed by atoms with Gasteiger partial charge in [-0.05, 0) is 31.5 Å². The molecule has 1 amide bonds. The molecule has 4 N–H and O–H groups in total. The van der Waals surface area contributed by atoms with Crippen molar-refractivity contribution in [1.82, 2.24) is 4.90 Å². The molecule has 1 fully saturated rings. The molecule has 5 heteroatoms. The van der Waals surface area contributed by atoms with E-state index in [0.29, 0.717) is 11.3 Å². The molecule has 1 aromatic rings. The number of benzene rings is 1. The summed E-state index contributed by atoms with van der Waals surface area (Å²) >= 11 is 0. The van der Waals surface area contributed by atoms with E-state index in [-0.39, 0.29) is 5.60 Å². The fourth-order valence-corrected chi connectivity index (χ4v) is 2.38. The maximum absolute atomic E-state index is 11.1. The molecule has 0 saturated carbocycles. The minimum absolute atomic E-state index is 0.125. The van der Waals surface area contributed by atoms with E-state index in [4.69, 9.17) is 16.2 Å². The molecular weight excluding hydrogens is 242 g/mol. The molecule has 0 spiro atoms. The van der Waals surface area contributed by atoms with Crippen molar-refractivity contribution in [2.75, 3.05) is 25.4 Å². The average molecular weight is 263 g/mol. The first-order valence-corrected chi connectivity index (χ1v) is 6.42. The lowest BCUT2D eigenvalue weighted by Crippen LogP contribution is -2.47. The van der Waals surface area contributed by atoms with Gasteiger partial charge in [-0.1, -0.05) is 6.07 Å². The van der Waals surface area contributed by atoms with Gasteiger partial charge < -0.3 is 16.2 Å². The van der Waals surface area contributed by atoms with Crippen molar-refractivity contribution in [2.24, 2.45) is 5.73 Å². The van der Waals surface area contributed by atoms with E-state index in [1.165, 1.54) is 0 Å². The summed E-state index contributed by atoms with van der Waals surface area (Å²) in [6.07, 6.45) is 0. The highest BCUT2D eigenvalue weighted by Gasteiger charge is 2.27. The summed E-state index contributed by atoms with van der Waals surface area (Å²) in [6, 6.07) is 5.24. The Morgan fingerprint density at radius 3 is 2.79 bits per heavy atom. The molecule has 0 aliphatic carbocycles. The van der Waals surface area contributed by atoms with Crippen molar-refractivity contribution in [3.05, 3.63) is 29.3 Å². The highest BCUT2D eigenvalue weighted by atomic mass is 16.5. The van der Waals surface area contributed by atoms with Gasteiger partial charge in [-0.3, -0.25) is 9.69 Å². The van der Waals surface area contributed by atoms with Crippen molar-refractivity contribution >= 4 is 11.6 Å². The van der Waals surface area contributed by atoms with Gasteiger partial charge in [0.15, 0.2) is 0 Å². The minimum atomic E-state index is -0.453. The van der Waals surface area contributed by atoms with Crippen LogP contribution >= 0.6 is 0 Å². The molecule has 1 heterocycles. The summed E-state index contributed by atoms with van der Waals surface area (Å²) < 4.78 is 5.68. The molecule has 1 aliphatic heterocycles. The summed E-state index contributed by atoms with van der Waals surface area (Å²) in [7, 11) is 0. The number of morpholine rings is 1. The first kappa shape index (κ1) is 13.8. The van der Waals surface area contributed by atoms with Crippen LogP contribution in [0.4, 0.5) is 5.69 Å². The highest BCUT2D eigenvalue weighted by Crippen LogP contribution is 2.21. The number of nitrogens with zero attached hydrogens (tertiary/aromatic N) is 1. The highest BCUT2D eigenvalue weighted by molar-refractivity contribution is 5.93. The number of carbonyl (C=O) groups is 1. The second-order valence-corrected chi connectivity index (χ2v) is 5.60. The molecule has 0 atom stereocenters. The van der Waals surface area contributed by atoms with Gasteiger partial charge >= 0.3 is 0 Å². The number of anilines is 1. The minimum Gasteiger partial charge on any atom is -0.398 e. The SMILES string of the molecule is CC1(C)CN(Cc2ccc(C(N)=O)cc2N)CCO1. The summed E-state index contributed by atoms with van der Waals surface area (Å²) in [5, 5.41) is 0. The molecule has 5 nitrogen and oxygen atoms in total. The van der Waals surface area contributed by atoms with Crippen LogP contribution < -0.4 is 11.5 Å². The van der Waals surface area contributed by atoms with Crippen molar-refractivity contribution in [2.45, 2.75) is 26.0 Å². The number of hydrogen-bond donors (Lipinski definition) is 2. The van der Waals surface area contributed by atoms with Crippen molar-refractivity contribution < 1.29 is 9.53 Å². The molecule has 1 aromatic carbocycles. The van der Waals surface area contributed by atoms with E-state index < -0.39 is 5.91 Å². The predicted octanol–water partition coefficient (Wildman–Crippen LogP) is 0.979. The zero-order valence-electron chi connectivity index (χ0n) is 11.5. The third kappa shape index (κ3) is 3.45. The Bertz CT molecular complexity index is 486. The van der Waals surface area contributed by atoms with Gasteiger partial charge in [0.05, 0.1) is 12.2 Å². The third-order valence-electron chi connectivity index (χ3n) is 3.33. The number of carbonyl (C=O) groups excluding carboxylic acids is 1. The molecule has 0 unspecified atom stereocenters. The number of primary amides is 1. The smallest absolute Gasteiger partial charge is 0.248 e. The van der Waals surface area contributed by atoms with Crippen molar-refractivity contribution in [3.63, 3.8) is 0 Å². The van der Waals surface area contributed by atoms with Gasteiger partial charge in [-0.2, -0.15) is 0 Å². The lowest BCUT2D eigenvalue weighted by atomic mass is 10.0. The molecule has 1 saturated heterocycles. The van der Waals surface area contributed by atoms with Crippen LogP contribution in [0.25, 0.3) is 0 Å².